The molecule has 3 rings (SSSR count). The number of benzene rings is 1. The van der Waals surface area contributed by atoms with Crippen molar-refractivity contribution in [2.75, 3.05) is 29.1 Å². The summed E-state index contributed by atoms with van der Waals surface area (Å²) in [7, 11) is 0. The number of piperidine rings is 1. The van der Waals surface area contributed by atoms with E-state index in [2.05, 4.69) is 20.4 Å². The second-order valence-electron chi connectivity index (χ2n) is 6.41. The Balaban J connectivity index is 1.66. The van der Waals surface area contributed by atoms with Crippen LogP contribution in [0.2, 0.25) is 0 Å². The lowest BCUT2D eigenvalue weighted by atomic mass is 10.1. The average molecular weight is 389 g/mol. The smallest absolute Gasteiger partial charge is 0.248 e. The van der Waals surface area contributed by atoms with Gasteiger partial charge in [0.15, 0.2) is 5.82 Å². The maximum absolute atomic E-state index is 12.4. The number of primary amides is 1. The van der Waals surface area contributed by atoms with Gasteiger partial charge in [0.1, 0.15) is 0 Å². The first kappa shape index (κ1) is 19.2. The van der Waals surface area contributed by atoms with Crippen molar-refractivity contribution < 1.29 is 14.1 Å². The molecule has 0 radical (unpaired) electrons. The van der Waals surface area contributed by atoms with Crippen molar-refractivity contribution in [3.63, 3.8) is 0 Å². The Bertz CT molecular complexity index is 817. The Morgan fingerprint density at radius 3 is 2.74 bits per heavy atom. The van der Waals surface area contributed by atoms with Gasteiger partial charge in [0.25, 0.3) is 0 Å². The lowest BCUT2D eigenvalue weighted by molar-refractivity contribution is -0.113. The summed E-state index contributed by atoms with van der Waals surface area (Å²) in [6, 6.07) is 5.21. The predicted molar refractivity (Wildman–Crippen MR) is 105 cm³/mol. The van der Waals surface area contributed by atoms with E-state index >= 15 is 0 Å². The van der Waals surface area contributed by atoms with Crippen LogP contribution in [0.25, 0.3) is 0 Å². The number of carbonyl (C=O) groups excluding carboxylic acids is 2. The monoisotopic (exact) mass is 389 g/mol. The number of aryl methyl sites for hydroxylation is 1. The van der Waals surface area contributed by atoms with Crippen LogP contribution in [0.15, 0.2) is 22.7 Å². The number of hydrogen-bond donors (Lipinski definition) is 2. The molecule has 0 saturated carbocycles. The van der Waals surface area contributed by atoms with Crippen LogP contribution < -0.4 is 16.0 Å². The number of nitrogens with zero attached hydrogens (tertiary/aromatic N) is 3. The van der Waals surface area contributed by atoms with E-state index in [1.165, 1.54) is 18.2 Å². The second-order valence-corrected chi connectivity index (χ2v) is 7.40. The molecule has 1 aromatic carbocycles. The first-order valence-corrected chi connectivity index (χ1v) is 10.0. The lowest BCUT2D eigenvalue weighted by Gasteiger charge is -2.30. The molecule has 9 heteroatoms. The summed E-state index contributed by atoms with van der Waals surface area (Å²) >= 11 is 1.40. The van der Waals surface area contributed by atoms with Gasteiger partial charge >= 0.3 is 0 Å². The molecule has 2 amide bonds. The van der Waals surface area contributed by atoms with Crippen molar-refractivity contribution in [1.82, 2.24) is 10.1 Å². The van der Waals surface area contributed by atoms with Gasteiger partial charge in [-0.3, -0.25) is 9.59 Å². The van der Waals surface area contributed by atoms with E-state index in [-0.39, 0.29) is 11.7 Å². The minimum absolute atomic E-state index is 0.153. The van der Waals surface area contributed by atoms with Gasteiger partial charge in [-0.05, 0) is 37.5 Å². The van der Waals surface area contributed by atoms with Crippen LogP contribution in [0.5, 0.6) is 0 Å². The molecule has 0 bridgehead atoms. The Hall–Kier alpha value is -2.55. The Morgan fingerprint density at radius 2 is 2.07 bits per heavy atom. The van der Waals surface area contributed by atoms with Crippen LogP contribution in [0.1, 0.15) is 41.3 Å². The molecule has 1 saturated heterocycles. The number of rotatable bonds is 7. The predicted octanol–water partition coefficient (Wildman–Crippen LogP) is 2.34. The molecule has 2 heterocycles. The van der Waals surface area contributed by atoms with Gasteiger partial charge in [0, 0.05) is 25.6 Å². The number of nitrogens with two attached hydrogens (primary N) is 1. The molecule has 3 N–H and O–H groups in total. The summed E-state index contributed by atoms with van der Waals surface area (Å²) in [4.78, 5) is 30.3. The number of aromatic nitrogens is 2. The number of anilines is 2. The maximum atomic E-state index is 12.4. The van der Waals surface area contributed by atoms with Gasteiger partial charge in [-0.1, -0.05) is 5.16 Å². The molecule has 1 aliphatic rings. The Kier molecular flexibility index (Phi) is 6.33. The molecule has 144 valence electrons. The van der Waals surface area contributed by atoms with Crippen LogP contribution in [-0.2, 0) is 10.5 Å². The fraction of sp³-hybridized carbons (Fsp3) is 0.444. The number of carbonyl (C=O) groups is 2. The van der Waals surface area contributed by atoms with E-state index in [1.807, 2.05) is 6.07 Å². The first-order chi connectivity index (χ1) is 13.0. The van der Waals surface area contributed by atoms with E-state index in [1.54, 1.807) is 19.1 Å². The third-order valence-corrected chi connectivity index (χ3v) is 5.21. The molecule has 0 unspecified atom stereocenters. The van der Waals surface area contributed by atoms with E-state index in [0.717, 1.165) is 31.6 Å². The van der Waals surface area contributed by atoms with Crippen molar-refractivity contribution in [1.29, 1.82) is 0 Å². The molecule has 8 nitrogen and oxygen atoms in total. The third-order valence-electron chi connectivity index (χ3n) is 4.29. The van der Waals surface area contributed by atoms with Crippen LogP contribution in [0.3, 0.4) is 0 Å². The van der Waals surface area contributed by atoms with Gasteiger partial charge in [-0.2, -0.15) is 4.98 Å². The molecule has 0 atom stereocenters. The van der Waals surface area contributed by atoms with Gasteiger partial charge in [-0.15, -0.1) is 11.8 Å². The molecule has 1 fully saturated rings. The molecular weight excluding hydrogens is 366 g/mol. The maximum Gasteiger partial charge on any atom is 0.248 e. The molecular formula is C18H23N5O3S. The Morgan fingerprint density at radius 1 is 1.30 bits per heavy atom. The SMILES string of the molecule is Cc1nc(CSCC(=O)Nc2cc(C(N)=O)ccc2N2CCCCC2)no1. The van der Waals surface area contributed by atoms with Crippen molar-refractivity contribution in [2.45, 2.75) is 31.9 Å². The summed E-state index contributed by atoms with van der Waals surface area (Å²) in [6.07, 6.45) is 3.44. The zero-order valence-electron chi connectivity index (χ0n) is 15.2. The standard InChI is InChI=1S/C18H23N5O3S/c1-12-20-16(22-26-12)10-27-11-17(24)21-14-9-13(18(19)25)5-6-15(14)23-7-3-2-4-8-23/h5-6,9H,2-4,7-8,10-11H2,1H3,(H2,19,25)(H,21,24). The summed E-state index contributed by atoms with van der Waals surface area (Å²) in [5, 5.41) is 6.73. The number of thioether (sulfide) groups is 1. The number of amides is 2. The summed E-state index contributed by atoms with van der Waals surface area (Å²) in [6.45, 7) is 3.59. The van der Waals surface area contributed by atoms with Crippen molar-refractivity contribution >= 4 is 35.0 Å². The van der Waals surface area contributed by atoms with Gasteiger partial charge in [0.2, 0.25) is 17.7 Å². The van der Waals surface area contributed by atoms with E-state index in [4.69, 9.17) is 10.3 Å². The highest BCUT2D eigenvalue weighted by Crippen LogP contribution is 2.30. The number of nitrogens with one attached hydrogen (secondary N) is 1. The fourth-order valence-electron chi connectivity index (χ4n) is 3.02. The van der Waals surface area contributed by atoms with Gasteiger partial charge in [-0.25, -0.2) is 0 Å². The highest BCUT2D eigenvalue weighted by Gasteiger charge is 2.17. The number of hydrogen-bond acceptors (Lipinski definition) is 7. The molecule has 0 spiro atoms. The topological polar surface area (TPSA) is 114 Å². The summed E-state index contributed by atoms with van der Waals surface area (Å²) in [5.74, 6) is 1.14. The van der Waals surface area contributed by atoms with Crippen LogP contribution in [0.4, 0.5) is 11.4 Å². The largest absolute Gasteiger partial charge is 0.370 e. The normalized spacial score (nSPS) is 14.2. The highest BCUT2D eigenvalue weighted by atomic mass is 32.2. The summed E-state index contributed by atoms with van der Waals surface area (Å²) < 4.78 is 4.91. The van der Waals surface area contributed by atoms with Gasteiger partial charge < -0.3 is 20.5 Å². The fourth-order valence-corrected chi connectivity index (χ4v) is 3.68. The van der Waals surface area contributed by atoms with Crippen LogP contribution >= 0.6 is 11.8 Å². The first-order valence-electron chi connectivity index (χ1n) is 8.88. The summed E-state index contributed by atoms with van der Waals surface area (Å²) in [5.41, 5.74) is 7.31. The molecule has 1 aliphatic heterocycles. The van der Waals surface area contributed by atoms with E-state index < -0.39 is 5.91 Å². The lowest BCUT2D eigenvalue weighted by Crippen LogP contribution is -2.30. The molecule has 27 heavy (non-hydrogen) atoms. The van der Waals surface area contributed by atoms with Crippen molar-refractivity contribution in [3.05, 3.63) is 35.5 Å². The average Bonchev–Trinajstić information content (AvgIpc) is 3.07. The van der Waals surface area contributed by atoms with Gasteiger partial charge in [0.05, 0.1) is 22.9 Å². The zero-order chi connectivity index (χ0) is 19.2. The van der Waals surface area contributed by atoms with E-state index in [0.29, 0.717) is 28.7 Å². The second kappa shape index (κ2) is 8.90. The Labute approximate surface area is 161 Å². The molecule has 0 aliphatic carbocycles. The molecule has 2 aromatic rings. The quantitative estimate of drug-likeness (QED) is 0.747. The van der Waals surface area contributed by atoms with Crippen LogP contribution in [0, 0.1) is 6.92 Å². The van der Waals surface area contributed by atoms with Crippen molar-refractivity contribution in [2.24, 2.45) is 5.73 Å². The van der Waals surface area contributed by atoms with E-state index in [9.17, 15) is 9.59 Å². The minimum Gasteiger partial charge on any atom is -0.370 e. The molecule has 1 aromatic heterocycles. The third kappa shape index (κ3) is 5.22. The highest BCUT2D eigenvalue weighted by molar-refractivity contribution is 7.99. The van der Waals surface area contributed by atoms with Crippen LogP contribution in [-0.4, -0.2) is 40.8 Å². The zero-order valence-corrected chi connectivity index (χ0v) is 16.1. The van der Waals surface area contributed by atoms with Crippen molar-refractivity contribution in [3.8, 4) is 0 Å². The minimum atomic E-state index is -0.516.